The smallest absolute Gasteiger partial charge is 0.0483 e. The zero-order valence-electron chi connectivity index (χ0n) is 11.1. The van der Waals surface area contributed by atoms with Gasteiger partial charge in [-0.3, -0.25) is 0 Å². The van der Waals surface area contributed by atoms with Crippen LogP contribution in [0.1, 0.15) is 31.7 Å². The van der Waals surface area contributed by atoms with Gasteiger partial charge in [-0.1, -0.05) is 24.6 Å². The van der Waals surface area contributed by atoms with Crippen molar-refractivity contribution in [2.45, 2.75) is 45.2 Å². The Kier molecular flexibility index (Phi) is 3.13. The van der Waals surface area contributed by atoms with Crippen LogP contribution >= 0.6 is 0 Å². The molecule has 18 heavy (non-hydrogen) atoms. The Balaban J connectivity index is 1.96. The van der Waals surface area contributed by atoms with E-state index in [2.05, 4.69) is 42.0 Å². The van der Waals surface area contributed by atoms with E-state index in [0.29, 0.717) is 0 Å². The summed E-state index contributed by atoms with van der Waals surface area (Å²) in [6.07, 6.45) is 7.51. The third-order valence-electron chi connectivity index (χ3n) is 4.09. The van der Waals surface area contributed by atoms with Gasteiger partial charge in [-0.25, -0.2) is 0 Å². The Morgan fingerprint density at radius 1 is 1.33 bits per heavy atom. The molecule has 2 heteroatoms. The van der Waals surface area contributed by atoms with E-state index >= 15 is 0 Å². The molecule has 1 saturated carbocycles. The number of nitrogens with two attached hydrogens (primary N) is 1. The predicted molar refractivity (Wildman–Crippen MR) is 76.6 cm³/mol. The van der Waals surface area contributed by atoms with E-state index in [1.807, 2.05) is 0 Å². The van der Waals surface area contributed by atoms with Crippen LogP contribution in [0.5, 0.6) is 0 Å². The molecule has 2 nitrogen and oxygen atoms in total. The highest BCUT2D eigenvalue weighted by atomic mass is 15.0. The number of rotatable bonds is 4. The Labute approximate surface area is 109 Å². The monoisotopic (exact) mass is 242 g/mol. The molecule has 0 saturated heterocycles. The van der Waals surface area contributed by atoms with E-state index in [9.17, 15) is 0 Å². The lowest BCUT2D eigenvalue weighted by Crippen LogP contribution is -2.18. The highest BCUT2D eigenvalue weighted by Gasteiger charge is 2.19. The molecule has 1 aliphatic rings. The zero-order valence-corrected chi connectivity index (χ0v) is 11.1. The van der Waals surface area contributed by atoms with Crippen LogP contribution in [0.3, 0.4) is 0 Å². The molecule has 1 aromatic heterocycles. The number of hydrogen-bond acceptors (Lipinski definition) is 1. The van der Waals surface area contributed by atoms with Crippen LogP contribution in [-0.4, -0.2) is 10.6 Å². The number of hydrogen-bond donors (Lipinski definition) is 1. The Morgan fingerprint density at radius 3 is 2.78 bits per heavy atom. The maximum Gasteiger partial charge on any atom is 0.0483 e. The minimum Gasteiger partial charge on any atom is -0.347 e. The molecule has 1 atom stereocenters. The lowest BCUT2D eigenvalue weighted by atomic mass is 9.85. The summed E-state index contributed by atoms with van der Waals surface area (Å²) in [6.45, 7) is 3.26. The number of fused-ring (bicyclic) bond motifs is 1. The molecular weight excluding hydrogens is 220 g/mol. The lowest BCUT2D eigenvalue weighted by Gasteiger charge is -2.26. The zero-order chi connectivity index (χ0) is 12.5. The number of benzene rings is 1. The summed E-state index contributed by atoms with van der Waals surface area (Å²) >= 11 is 0. The van der Waals surface area contributed by atoms with Crippen molar-refractivity contribution in [2.24, 2.45) is 11.7 Å². The molecule has 0 spiro atoms. The highest BCUT2D eigenvalue weighted by molar-refractivity contribution is 5.84. The first kappa shape index (κ1) is 11.8. The summed E-state index contributed by atoms with van der Waals surface area (Å²) in [6, 6.07) is 8.95. The van der Waals surface area contributed by atoms with Gasteiger partial charge in [0.1, 0.15) is 0 Å². The van der Waals surface area contributed by atoms with Crippen LogP contribution in [0.2, 0.25) is 0 Å². The molecule has 1 heterocycles. The molecule has 0 bridgehead atoms. The third kappa shape index (κ3) is 2.17. The van der Waals surface area contributed by atoms with Crippen molar-refractivity contribution in [1.29, 1.82) is 0 Å². The summed E-state index contributed by atoms with van der Waals surface area (Å²) in [5.74, 6) is 0.893. The second kappa shape index (κ2) is 4.77. The first-order valence-electron chi connectivity index (χ1n) is 7.06. The van der Waals surface area contributed by atoms with Crippen molar-refractivity contribution in [3.8, 4) is 0 Å². The van der Waals surface area contributed by atoms with E-state index in [1.165, 1.54) is 42.3 Å². The number of nitrogens with zero attached hydrogens (tertiary/aromatic N) is 1. The molecule has 1 unspecified atom stereocenters. The van der Waals surface area contributed by atoms with Gasteiger partial charge < -0.3 is 10.3 Å². The van der Waals surface area contributed by atoms with Gasteiger partial charge >= 0.3 is 0 Å². The summed E-state index contributed by atoms with van der Waals surface area (Å²) in [5, 5.41) is 1.38. The summed E-state index contributed by atoms with van der Waals surface area (Å²) in [5.41, 5.74) is 8.73. The fourth-order valence-corrected chi connectivity index (χ4v) is 2.94. The summed E-state index contributed by atoms with van der Waals surface area (Å²) < 4.78 is 2.44. The Hall–Kier alpha value is -1.28. The number of aromatic nitrogens is 1. The topological polar surface area (TPSA) is 30.9 Å². The van der Waals surface area contributed by atoms with Crippen molar-refractivity contribution in [1.82, 2.24) is 4.57 Å². The van der Waals surface area contributed by atoms with E-state index in [0.717, 1.165) is 12.3 Å². The van der Waals surface area contributed by atoms with Gasteiger partial charge in [-0.15, -0.1) is 0 Å². The van der Waals surface area contributed by atoms with Gasteiger partial charge in [0.2, 0.25) is 0 Å². The van der Waals surface area contributed by atoms with Gasteiger partial charge in [-0.2, -0.15) is 0 Å². The fraction of sp³-hybridized carbons (Fsp3) is 0.500. The molecule has 1 fully saturated rings. The van der Waals surface area contributed by atoms with Gasteiger partial charge in [0.05, 0.1) is 0 Å². The molecule has 2 N–H and O–H groups in total. The van der Waals surface area contributed by atoms with Crippen molar-refractivity contribution in [3.05, 3.63) is 36.0 Å². The van der Waals surface area contributed by atoms with E-state index in [1.54, 1.807) is 0 Å². The molecule has 0 amide bonds. The maximum atomic E-state index is 5.95. The quantitative estimate of drug-likeness (QED) is 0.876. The van der Waals surface area contributed by atoms with Crippen molar-refractivity contribution < 1.29 is 0 Å². The number of para-hydroxylation sites is 1. The van der Waals surface area contributed by atoms with Crippen LogP contribution in [0.15, 0.2) is 30.5 Å². The van der Waals surface area contributed by atoms with E-state index in [4.69, 9.17) is 5.73 Å². The average molecular weight is 242 g/mol. The van der Waals surface area contributed by atoms with Gasteiger partial charge in [0, 0.05) is 29.7 Å². The first-order chi connectivity index (χ1) is 8.74. The summed E-state index contributed by atoms with van der Waals surface area (Å²) in [4.78, 5) is 0. The van der Waals surface area contributed by atoms with Crippen molar-refractivity contribution in [3.63, 3.8) is 0 Å². The maximum absolute atomic E-state index is 5.95. The van der Waals surface area contributed by atoms with E-state index in [-0.39, 0.29) is 6.04 Å². The van der Waals surface area contributed by atoms with Crippen molar-refractivity contribution in [2.75, 3.05) is 0 Å². The molecule has 1 aromatic carbocycles. The van der Waals surface area contributed by atoms with Crippen LogP contribution in [0, 0.1) is 5.92 Å². The molecule has 96 valence electrons. The lowest BCUT2D eigenvalue weighted by molar-refractivity contribution is 0.279. The molecule has 1 aliphatic carbocycles. The standard InChI is InChI=1S/C16H22N2/c1-12(17)9-14-11-18(10-13-5-4-6-13)16-8-3-2-7-15(14)16/h2-3,7-8,11-13H,4-6,9-10,17H2,1H3. The average Bonchev–Trinajstić information content (AvgIpc) is 2.62. The van der Waals surface area contributed by atoms with Gasteiger partial charge in [0.25, 0.3) is 0 Å². The fourth-order valence-electron chi connectivity index (χ4n) is 2.94. The SMILES string of the molecule is CC(N)Cc1cn(CC2CCC2)c2ccccc12. The van der Waals surface area contributed by atoms with Crippen LogP contribution in [-0.2, 0) is 13.0 Å². The summed E-state index contributed by atoms with van der Waals surface area (Å²) in [7, 11) is 0. The second-order valence-electron chi connectivity index (χ2n) is 5.80. The van der Waals surface area contributed by atoms with Crippen LogP contribution in [0.4, 0.5) is 0 Å². The largest absolute Gasteiger partial charge is 0.347 e. The molecule has 3 rings (SSSR count). The van der Waals surface area contributed by atoms with Gasteiger partial charge in [0.15, 0.2) is 0 Å². The van der Waals surface area contributed by atoms with Crippen LogP contribution in [0.25, 0.3) is 10.9 Å². The predicted octanol–water partition coefficient (Wildman–Crippen LogP) is 3.33. The van der Waals surface area contributed by atoms with Crippen LogP contribution < -0.4 is 5.73 Å². The molecular formula is C16H22N2. The molecule has 0 radical (unpaired) electrons. The first-order valence-corrected chi connectivity index (χ1v) is 7.06. The normalized spacial score (nSPS) is 17.9. The minimum absolute atomic E-state index is 0.230. The molecule has 2 aromatic rings. The van der Waals surface area contributed by atoms with Crippen molar-refractivity contribution >= 4 is 10.9 Å². The Bertz CT molecular complexity index is 535. The van der Waals surface area contributed by atoms with Gasteiger partial charge in [-0.05, 0) is 43.7 Å². The Morgan fingerprint density at radius 2 is 2.11 bits per heavy atom. The third-order valence-corrected chi connectivity index (χ3v) is 4.09. The second-order valence-corrected chi connectivity index (χ2v) is 5.80. The minimum atomic E-state index is 0.230. The highest BCUT2D eigenvalue weighted by Crippen LogP contribution is 2.30. The van der Waals surface area contributed by atoms with E-state index < -0.39 is 0 Å². The molecule has 0 aliphatic heterocycles.